The second kappa shape index (κ2) is 6.30. The van der Waals surface area contributed by atoms with Crippen LogP contribution in [0.4, 0.5) is 0 Å². The second-order valence-corrected chi connectivity index (χ2v) is 10.7. The van der Waals surface area contributed by atoms with Gasteiger partial charge in [0.1, 0.15) is 0 Å². The van der Waals surface area contributed by atoms with Crippen LogP contribution in [0.3, 0.4) is 0 Å². The molecule has 3 fully saturated rings. The van der Waals surface area contributed by atoms with E-state index < -0.39 is 0 Å². The third-order valence-electron chi connectivity index (χ3n) is 6.96. The van der Waals surface area contributed by atoms with Gasteiger partial charge < -0.3 is 0 Å². The van der Waals surface area contributed by atoms with Crippen LogP contribution in [0.25, 0.3) is 0 Å². The van der Waals surface area contributed by atoms with E-state index in [1.165, 1.54) is 19.3 Å². The maximum absolute atomic E-state index is 2.53. The standard InChI is InChI=1S/C23H29P/c1-4-20-21-15-17(23(21,2)3)16-22(20)24(18-11-7-5-8-12-18)19-13-9-6-10-14-19/h5-14,17,20-22H,4,15-16H2,1-3H3/t17-,20-,21+,22+/m0/s1. The summed E-state index contributed by atoms with van der Waals surface area (Å²) >= 11 is 0. The quantitative estimate of drug-likeness (QED) is 0.639. The van der Waals surface area contributed by atoms with E-state index in [2.05, 4.69) is 81.4 Å². The molecule has 0 radical (unpaired) electrons. The summed E-state index contributed by atoms with van der Waals surface area (Å²) in [5.74, 6) is 2.76. The smallest absolute Gasteiger partial charge is 0.00949 e. The van der Waals surface area contributed by atoms with Crippen molar-refractivity contribution < 1.29 is 0 Å². The summed E-state index contributed by atoms with van der Waals surface area (Å²) in [4.78, 5) is 0. The lowest BCUT2D eigenvalue weighted by atomic mass is 9.45. The third-order valence-corrected chi connectivity index (χ3v) is 9.92. The monoisotopic (exact) mass is 336 g/mol. The molecule has 3 saturated carbocycles. The number of fused-ring (bicyclic) bond motifs is 2. The molecule has 2 aromatic rings. The van der Waals surface area contributed by atoms with Crippen molar-refractivity contribution in [2.45, 2.75) is 45.7 Å². The van der Waals surface area contributed by atoms with Gasteiger partial charge in [-0.05, 0) is 60.2 Å². The zero-order valence-corrected chi connectivity index (χ0v) is 16.0. The molecular formula is C23H29P. The highest BCUT2D eigenvalue weighted by atomic mass is 31.1. The Morgan fingerprint density at radius 3 is 1.88 bits per heavy atom. The lowest BCUT2D eigenvalue weighted by Gasteiger charge is -2.64. The molecule has 0 aromatic heterocycles. The van der Waals surface area contributed by atoms with Crippen LogP contribution in [-0.2, 0) is 0 Å². The fraction of sp³-hybridized carbons (Fsp3) is 0.478. The van der Waals surface area contributed by atoms with Crippen molar-refractivity contribution in [3.05, 3.63) is 60.7 Å². The van der Waals surface area contributed by atoms with Crippen LogP contribution in [0.5, 0.6) is 0 Å². The topological polar surface area (TPSA) is 0 Å². The Hall–Kier alpha value is -1.13. The van der Waals surface area contributed by atoms with Crippen LogP contribution < -0.4 is 10.6 Å². The molecule has 0 nitrogen and oxygen atoms in total. The zero-order valence-electron chi connectivity index (χ0n) is 15.2. The fourth-order valence-corrected chi connectivity index (χ4v) is 8.80. The van der Waals surface area contributed by atoms with Crippen molar-refractivity contribution in [3.8, 4) is 0 Å². The third kappa shape index (κ3) is 2.55. The molecule has 3 aliphatic rings. The van der Waals surface area contributed by atoms with Gasteiger partial charge in [0.2, 0.25) is 0 Å². The summed E-state index contributed by atoms with van der Waals surface area (Å²) in [7, 11) is -0.252. The largest absolute Gasteiger partial charge is 0.0651 e. The number of hydrogen-bond donors (Lipinski definition) is 0. The van der Waals surface area contributed by atoms with Crippen molar-refractivity contribution >= 4 is 18.5 Å². The Morgan fingerprint density at radius 1 is 0.875 bits per heavy atom. The first kappa shape index (κ1) is 16.3. The van der Waals surface area contributed by atoms with Crippen LogP contribution in [0.15, 0.2) is 60.7 Å². The molecular weight excluding hydrogens is 307 g/mol. The first-order valence-corrected chi connectivity index (χ1v) is 10.9. The van der Waals surface area contributed by atoms with E-state index in [-0.39, 0.29) is 7.92 Å². The van der Waals surface area contributed by atoms with Crippen molar-refractivity contribution in [2.24, 2.45) is 23.2 Å². The van der Waals surface area contributed by atoms with Crippen LogP contribution in [-0.4, -0.2) is 5.66 Å². The molecule has 126 valence electrons. The molecule has 2 aromatic carbocycles. The van der Waals surface area contributed by atoms with Gasteiger partial charge in [0.15, 0.2) is 0 Å². The van der Waals surface area contributed by atoms with Gasteiger partial charge in [-0.15, -0.1) is 0 Å². The molecule has 0 heterocycles. The Kier molecular flexibility index (Phi) is 4.29. The van der Waals surface area contributed by atoms with Gasteiger partial charge >= 0.3 is 0 Å². The van der Waals surface area contributed by atoms with E-state index in [4.69, 9.17) is 0 Å². The molecule has 1 heteroatoms. The molecule has 0 unspecified atom stereocenters. The molecule has 0 saturated heterocycles. The van der Waals surface area contributed by atoms with Crippen molar-refractivity contribution in [3.63, 3.8) is 0 Å². The first-order valence-electron chi connectivity index (χ1n) is 9.52. The highest BCUT2D eigenvalue weighted by Crippen LogP contribution is 2.67. The minimum Gasteiger partial charge on any atom is -0.0651 e. The van der Waals surface area contributed by atoms with Gasteiger partial charge in [0.25, 0.3) is 0 Å². The average Bonchev–Trinajstić information content (AvgIpc) is 2.63. The summed E-state index contributed by atoms with van der Waals surface area (Å²) < 4.78 is 0. The minimum atomic E-state index is -0.252. The maximum Gasteiger partial charge on any atom is -0.00949 e. The van der Waals surface area contributed by atoms with Crippen LogP contribution in [0.2, 0.25) is 0 Å². The Balaban J connectivity index is 1.75. The normalized spacial score (nSPS) is 30.8. The number of benzene rings is 2. The molecule has 2 bridgehead atoms. The summed E-state index contributed by atoms with van der Waals surface area (Å²) in [5.41, 5.74) is 1.43. The van der Waals surface area contributed by atoms with Crippen molar-refractivity contribution in [1.82, 2.24) is 0 Å². The summed E-state index contributed by atoms with van der Waals surface area (Å²) in [6.45, 7) is 7.48. The molecule has 0 aliphatic heterocycles. The van der Waals surface area contributed by atoms with Gasteiger partial charge in [-0.2, -0.15) is 0 Å². The SMILES string of the molecule is CC[C@@H]1[C@H](P(c2ccccc2)c2ccccc2)C[C@@H]2C[C@H]1C2(C)C. The molecule has 3 aliphatic carbocycles. The fourth-order valence-electron chi connectivity index (χ4n) is 5.48. The summed E-state index contributed by atoms with van der Waals surface area (Å²) in [5, 5.41) is 3.14. The molecule has 0 spiro atoms. The average molecular weight is 336 g/mol. The van der Waals surface area contributed by atoms with Gasteiger partial charge in [0, 0.05) is 0 Å². The zero-order chi connectivity index (χ0) is 16.7. The molecule has 0 amide bonds. The van der Waals surface area contributed by atoms with Crippen LogP contribution >= 0.6 is 7.92 Å². The van der Waals surface area contributed by atoms with Gasteiger partial charge in [-0.1, -0.05) is 87.9 Å². The van der Waals surface area contributed by atoms with E-state index in [0.717, 1.165) is 23.4 Å². The van der Waals surface area contributed by atoms with Gasteiger partial charge in [-0.3, -0.25) is 0 Å². The highest BCUT2D eigenvalue weighted by molar-refractivity contribution is 7.73. The predicted molar refractivity (Wildman–Crippen MR) is 107 cm³/mol. The maximum atomic E-state index is 2.53. The summed E-state index contributed by atoms with van der Waals surface area (Å²) in [6, 6.07) is 22.7. The van der Waals surface area contributed by atoms with E-state index in [1.807, 2.05) is 0 Å². The van der Waals surface area contributed by atoms with E-state index in [1.54, 1.807) is 10.6 Å². The number of rotatable bonds is 4. The second-order valence-electron chi connectivity index (χ2n) is 8.28. The van der Waals surface area contributed by atoms with Crippen LogP contribution in [0.1, 0.15) is 40.0 Å². The van der Waals surface area contributed by atoms with Gasteiger partial charge in [0.05, 0.1) is 0 Å². The Bertz CT molecular complexity index is 636. The van der Waals surface area contributed by atoms with E-state index in [9.17, 15) is 0 Å². The summed E-state index contributed by atoms with van der Waals surface area (Å²) in [6.07, 6.45) is 4.25. The van der Waals surface area contributed by atoms with Crippen LogP contribution in [0, 0.1) is 23.2 Å². The molecule has 5 rings (SSSR count). The van der Waals surface area contributed by atoms with Gasteiger partial charge in [-0.25, -0.2) is 0 Å². The lowest BCUT2D eigenvalue weighted by Crippen LogP contribution is -2.57. The molecule has 4 atom stereocenters. The van der Waals surface area contributed by atoms with Crippen molar-refractivity contribution in [1.29, 1.82) is 0 Å². The molecule has 0 N–H and O–H groups in total. The number of hydrogen-bond acceptors (Lipinski definition) is 0. The van der Waals surface area contributed by atoms with Crippen molar-refractivity contribution in [2.75, 3.05) is 0 Å². The van der Waals surface area contributed by atoms with E-state index in [0.29, 0.717) is 5.41 Å². The lowest BCUT2D eigenvalue weighted by molar-refractivity contribution is -0.102. The Labute approximate surface area is 148 Å². The first-order chi connectivity index (χ1) is 11.6. The Morgan fingerprint density at radius 2 is 1.42 bits per heavy atom. The minimum absolute atomic E-state index is 0.252. The molecule has 24 heavy (non-hydrogen) atoms. The predicted octanol–water partition coefficient (Wildman–Crippen LogP) is 5.58. The highest BCUT2D eigenvalue weighted by Gasteiger charge is 2.58. The van der Waals surface area contributed by atoms with E-state index >= 15 is 0 Å².